The van der Waals surface area contributed by atoms with Crippen LogP contribution in [-0.4, -0.2) is 10.7 Å². The van der Waals surface area contributed by atoms with Gasteiger partial charge >= 0.3 is 0 Å². The van der Waals surface area contributed by atoms with Crippen LogP contribution in [0.15, 0.2) is 46.6 Å². The molecule has 1 aliphatic rings. The van der Waals surface area contributed by atoms with Crippen molar-refractivity contribution in [3.63, 3.8) is 0 Å². The monoisotopic (exact) mass is 338 g/mol. The Morgan fingerprint density at radius 3 is 2.76 bits per heavy atom. The van der Waals surface area contributed by atoms with Gasteiger partial charge < -0.3 is 14.3 Å². The Morgan fingerprint density at radius 1 is 1.24 bits per heavy atom. The third-order valence-corrected chi connectivity index (χ3v) is 4.66. The molecule has 1 aromatic carbocycles. The Kier molecular flexibility index (Phi) is 4.76. The van der Waals surface area contributed by atoms with Crippen LogP contribution in [0.3, 0.4) is 0 Å². The smallest absolute Gasteiger partial charge is 0.128 e. The summed E-state index contributed by atoms with van der Waals surface area (Å²) in [5, 5.41) is 9.83. The molecule has 0 saturated carbocycles. The van der Waals surface area contributed by atoms with E-state index in [1.165, 1.54) is 5.57 Å². The maximum atomic E-state index is 9.83. The molecule has 1 atom stereocenters. The molecule has 1 N–H and O–H groups in total. The van der Waals surface area contributed by atoms with Crippen molar-refractivity contribution in [1.29, 1.82) is 0 Å². The lowest BCUT2D eigenvalue weighted by Crippen LogP contribution is -2.31. The van der Waals surface area contributed by atoms with Gasteiger partial charge in [0.15, 0.2) is 0 Å². The normalized spacial score (nSPS) is 19.6. The van der Waals surface area contributed by atoms with Gasteiger partial charge in [0, 0.05) is 12.0 Å². The van der Waals surface area contributed by atoms with Crippen LogP contribution in [0.25, 0.3) is 6.08 Å². The zero-order valence-electron chi connectivity index (χ0n) is 15.4. The van der Waals surface area contributed by atoms with E-state index in [-0.39, 0.29) is 5.60 Å². The molecule has 0 bridgehead atoms. The van der Waals surface area contributed by atoms with Crippen LogP contribution in [0.5, 0.6) is 11.5 Å². The fourth-order valence-electron chi connectivity index (χ4n) is 3.13. The Hall–Kier alpha value is -2.42. The molecule has 2 heterocycles. The predicted molar refractivity (Wildman–Crippen MR) is 101 cm³/mol. The van der Waals surface area contributed by atoms with Crippen LogP contribution in [0, 0.1) is 13.8 Å². The number of hydrogen-bond acceptors (Lipinski definition) is 3. The number of phenols is 1. The lowest BCUT2D eigenvalue weighted by Gasteiger charge is -2.31. The molecule has 1 aliphatic heterocycles. The number of benzene rings is 1. The minimum absolute atomic E-state index is 0.308. The summed E-state index contributed by atoms with van der Waals surface area (Å²) in [7, 11) is 0. The number of fused-ring (bicyclic) bond motifs is 1. The first kappa shape index (κ1) is 17.4. The summed E-state index contributed by atoms with van der Waals surface area (Å²) in [5.41, 5.74) is 3.91. The molecular formula is C22H26O3. The maximum Gasteiger partial charge on any atom is 0.128 e. The summed E-state index contributed by atoms with van der Waals surface area (Å²) >= 11 is 0. The van der Waals surface area contributed by atoms with Gasteiger partial charge in [0.05, 0.1) is 6.26 Å². The Bertz CT molecular complexity index is 826. The van der Waals surface area contributed by atoms with E-state index >= 15 is 0 Å². The summed E-state index contributed by atoms with van der Waals surface area (Å²) in [5.74, 6) is 2.16. The lowest BCUT2D eigenvalue weighted by atomic mass is 9.94. The number of hydrogen-bond donors (Lipinski definition) is 1. The molecule has 0 saturated heterocycles. The maximum absolute atomic E-state index is 9.83. The van der Waals surface area contributed by atoms with Crippen molar-refractivity contribution in [2.24, 2.45) is 0 Å². The first-order valence-electron chi connectivity index (χ1n) is 8.76. The van der Waals surface area contributed by atoms with Gasteiger partial charge in [0.1, 0.15) is 22.9 Å². The molecule has 3 heteroatoms. The Morgan fingerprint density at radius 2 is 2.04 bits per heavy atom. The van der Waals surface area contributed by atoms with E-state index in [0.717, 1.165) is 47.5 Å². The highest BCUT2D eigenvalue weighted by Crippen LogP contribution is 2.37. The second-order valence-corrected chi connectivity index (χ2v) is 7.28. The molecule has 3 rings (SSSR count). The summed E-state index contributed by atoms with van der Waals surface area (Å²) < 4.78 is 11.7. The number of ether oxygens (including phenoxy) is 1. The fourth-order valence-corrected chi connectivity index (χ4v) is 3.13. The van der Waals surface area contributed by atoms with Crippen LogP contribution in [-0.2, 0) is 6.42 Å². The average molecular weight is 338 g/mol. The molecule has 132 valence electrons. The summed E-state index contributed by atoms with van der Waals surface area (Å²) in [6, 6.07) is 5.75. The van der Waals surface area contributed by atoms with Gasteiger partial charge in [0.2, 0.25) is 0 Å². The molecule has 1 aromatic heterocycles. The van der Waals surface area contributed by atoms with Crippen LogP contribution in [0.1, 0.15) is 49.1 Å². The van der Waals surface area contributed by atoms with Crippen molar-refractivity contribution in [1.82, 2.24) is 0 Å². The molecule has 0 spiro atoms. The van der Waals surface area contributed by atoms with Crippen LogP contribution in [0.4, 0.5) is 0 Å². The number of aromatic hydroxyl groups is 1. The van der Waals surface area contributed by atoms with Crippen molar-refractivity contribution in [3.05, 3.63) is 64.6 Å². The number of phenolic OH excluding ortho intramolecular Hbond substituents is 1. The molecule has 0 fully saturated rings. The van der Waals surface area contributed by atoms with Crippen LogP contribution < -0.4 is 4.74 Å². The van der Waals surface area contributed by atoms with E-state index in [1.807, 2.05) is 26.0 Å². The minimum Gasteiger partial charge on any atom is -0.508 e. The average Bonchev–Trinajstić information content (AvgIpc) is 2.94. The molecule has 3 nitrogen and oxygen atoms in total. The second-order valence-electron chi connectivity index (χ2n) is 7.28. The van der Waals surface area contributed by atoms with Gasteiger partial charge in [-0.1, -0.05) is 17.7 Å². The van der Waals surface area contributed by atoms with E-state index in [1.54, 1.807) is 12.3 Å². The van der Waals surface area contributed by atoms with Crippen LogP contribution >= 0.6 is 0 Å². The quantitative estimate of drug-likeness (QED) is 0.707. The standard InChI is InChI=1S/C22H26O3/c1-15(10-19-11-16(2)14-24-19)6-5-8-22(4)9-7-18-13-20(23)17(3)12-21(18)25-22/h6-7,9,11-14,23H,5,8,10H2,1-4H3. The van der Waals surface area contributed by atoms with Gasteiger partial charge in [-0.3, -0.25) is 0 Å². The summed E-state index contributed by atoms with van der Waals surface area (Å²) in [6.07, 6.45) is 10.9. The molecule has 25 heavy (non-hydrogen) atoms. The Balaban J connectivity index is 1.61. The highest BCUT2D eigenvalue weighted by Gasteiger charge is 2.27. The SMILES string of the molecule is CC(=CCCC1(C)C=Cc2cc(O)c(C)cc2O1)Cc1cc(C)co1. The van der Waals surface area contributed by atoms with Gasteiger partial charge in [0.25, 0.3) is 0 Å². The predicted octanol–water partition coefficient (Wildman–Crippen LogP) is 5.74. The zero-order valence-corrected chi connectivity index (χ0v) is 15.4. The first-order chi connectivity index (χ1) is 11.8. The third-order valence-electron chi connectivity index (χ3n) is 4.66. The van der Waals surface area contributed by atoms with Gasteiger partial charge in [-0.15, -0.1) is 0 Å². The van der Waals surface area contributed by atoms with Crippen molar-refractivity contribution < 1.29 is 14.3 Å². The van der Waals surface area contributed by atoms with Gasteiger partial charge in [-0.2, -0.15) is 0 Å². The van der Waals surface area contributed by atoms with Crippen molar-refractivity contribution >= 4 is 6.08 Å². The largest absolute Gasteiger partial charge is 0.508 e. The third kappa shape index (κ3) is 4.16. The second kappa shape index (κ2) is 6.83. The van der Waals surface area contributed by atoms with Gasteiger partial charge in [-0.25, -0.2) is 0 Å². The molecule has 1 unspecified atom stereocenters. The summed E-state index contributed by atoms with van der Waals surface area (Å²) in [4.78, 5) is 0. The van der Waals surface area contributed by atoms with E-state index < -0.39 is 0 Å². The van der Waals surface area contributed by atoms with Crippen molar-refractivity contribution in [3.8, 4) is 11.5 Å². The topological polar surface area (TPSA) is 42.6 Å². The van der Waals surface area contributed by atoms with E-state index in [9.17, 15) is 5.11 Å². The fraction of sp³-hybridized carbons (Fsp3) is 0.364. The minimum atomic E-state index is -0.325. The van der Waals surface area contributed by atoms with Gasteiger partial charge in [-0.05, 0) is 75.9 Å². The molecule has 2 aromatic rings. The molecule has 0 aliphatic carbocycles. The molecule has 0 radical (unpaired) electrons. The van der Waals surface area contributed by atoms with Crippen molar-refractivity contribution in [2.75, 3.05) is 0 Å². The number of aryl methyl sites for hydroxylation is 2. The zero-order chi connectivity index (χ0) is 18.0. The number of allylic oxidation sites excluding steroid dienone is 2. The number of rotatable bonds is 5. The van der Waals surface area contributed by atoms with E-state index in [2.05, 4.69) is 32.1 Å². The highest BCUT2D eigenvalue weighted by molar-refractivity contribution is 5.64. The lowest BCUT2D eigenvalue weighted by molar-refractivity contribution is 0.128. The number of furan rings is 1. The molecule has 0 amide bonds. The summed E-state index contributed by atoms with van der Waals surface area (Å²) in [6.45, 7) is 8.17. The molecular weight excluding hydrogens is 312 g/mol. The van der Waals surface area contributed by atoms with E-state index in [0.29, 0.717) is 5.75 Å². The van der Waals surface area contributed by atoms with E-state index in [4.69, 9.17) is 9.15 Å². The van der Waals surface area contributed by atoms with Crippen LogP contribution in [0.2, 0.25) is 0 Å². The highest BCUT2D eigenvalue weighted by atomic mass is 16.5. The van der Waals surface area contributed by atoms with Crippen molar-refractivity contribution in [2.45, 2.75) is 52.6 Å². The first-order valence-corrected chi connectivity index (χ1v) is 8.76. The Labute approximate surface area is 149 Å².